The molecular weight excluding hydrogens is 333 g/mol. The van der Waals surface area contributed by atoms with E-state index in [4.69, 9.17) is 4.74 Å². The normalized spacial score (nSPS) is 21.0. The fourth-order valence-electron chi connectivity index (χ4n) is 3.16. The maximum Gasteiger partial charge on any atom is 0.251 e. The van der Waals surface area contributed by atoms with Crippen LogP contribution in [0.1, 0.15) is 61.1 Å². The summed E-state index contributed by atoms with van der Waals surface area (Å²) in [6.07, 6.45) is -0.929. The minimum absolute atomic E-state index is 0.306. The molecule has 2 aromatic carbocycles. The smallest absolute Gasteiger partial charge is 0.251 e. The predicted molar refractivity (Wildman–Crippen MR) is 97.9 cm³/mol. The van der Waals surface area contributed by atoms with Crippen molar-refractivity contribution in [2.75, 3.05) is 0 Å². The number of nitrogens with one attached hydrogen (secondary N) is 1. The molecule has 4 nitrogen and oxygen atoms in total. The molecule has 138 valence electrons. The van der Waals surface area contributed by atoms with Crippen molar-refractivity contribution in [3.8, 4) is 5.75 Å². The molecule has 0 saturated heterocycles. The molecular formula is C21H24FNO3. The van der Waals surface area contributed by atoms with Crippen LogP contribution in [-0.4, -0.2) is 22.7 Å². The van der Waals surface area contributed by atoms with Crippen LogP contribution in [0.5, 0.6) is 5.75 Å². The van der Waals surface area contributed by atoms with Crippen molar-refractivity contribution >= 4 is 5.91 Å². The Hall–Kier alpha value is -2.40. The van der Waals surface area contributed by atoms with Crippen molar-refractivity contribution in [1.82, 2.24) is 5.32 Å². The second-order valence-corrected chi connectivity index (χ2v) is 7.56. The number of ether oxygens (including phenoxy) is 1. The van der Waals surface area contributed by atoms with E-state index < -0.39 is 23.6 Å². The molecule has 5 heteroatoms. The van der Waals surface area contributed by atoms with Crippen molar-refractivity contribution in [3.05, 3.63) is 65.0 Å². The first-order valence-electron chi connectivity index (χ1n) is 8.76. The van der Waals surface area contributed by atoms with Crippen LogP contribution in [0.3, 0.4) is 0 Å². The Morgan fingerprint density at radius 2 is 1.85 bits per heavy atom. The van der Waals surface area contributed by atoms with Crippen LogP contribution in [0.2, 0.25) is 0 Å². The lowest BCUT2D eigenvalue weighted by molar-refractivity contribution is -0.0628. The van der Waals surface area contributed by atoms with Crippen molar-refractivity contribution in [2.24, 2.45) is 0 Å². The molecule has 1 heterocycles. The molecule has 0 aromatic heterocycles. The van der Waals surface area contributed by atoms with E-state index in [0.29, 0.717) is 17.2 Å². The summed E-state index contributed by atoms with van der Waals surface area (Å²) in [6.45, 7) is 7.73. The number of hydrogen-bond acceptors (Lipinski definition) is 3. The Bertz CT molecular complexity index is 815. The van der Waals surface area contributed by atoms with Crippen LogP contribution in [0.15, 0.2) is 42.5 Å². The highest BCUT2D eigenvalue weighted by Gasteiger charge is 2.43. The Morgan fingerprint density at radius 3 is 2.46 bits per heavy atom. The number of carbonyl (C=O) groups excluding carboxylic acids is 1. The first-order valence-corrected chi connectivity index (χ1v) is 8.76. The van der Waals surface area contributed by atoms with E-state index >= 15 is 0 Å². The Kier molecular flexibility index (Phi) is 4.76. The monoisotopic (exact) mass is 357 g/mol. The molecule has 1 amide bonds. The zero-order valence-electron chi connectivity index (χ0n) is 15.4. The molecule has 2 N–H and O–H groups in total. The first-order chi connectivity index (χ1) is 12.2. The summed E-state index contributed by atoms with van der Waals surface area (Å²) in [5.41, 5.74) is 1.33. The fourth-order valence-corrected chi connectivity index (χ4v) is 3.16. The Balaban J connectivity index is 1.97. The molecule has 0 spiro atoms. The van der Waals surface area contributed by atoms with Crippen molar-refractivity contribution < 1.29 is 19.0 Å². The third-order valence-electron chi connectivity index (χ3n) is 4.83. The number of aliphatic hydroxyl groups is 1. The number of halogens is 1. The number of fused-ring (bicyclic) bond motifs is 1. The average molecular weight is 357 g/mol. The minimum Gasteiger partial charge on any atom is -0.485 e. The Labute approximate surface area is 153 Å². The number of hydrogen-bond donors (Lipinski definition) is 2. The quantitative estimate of drug-likeness (QED) is 0.874. The number of rotatable bonds is 3. The van der Waals surface area contributed by atoms with E-state index in [9.17, 15) is 14.3 Å². The van der Waals surface area contributed by atoms with Gasteiger partial charge in [-0.3, -0.25) is 4.79 Å². The van der Waals surface area contributed by atoms with Crippen LogP contribution >= 0.6 is 0 Å². The van der Waals surface area contributed by atoms with E-state index in [1.807, 2.05) is 18.2 Å². The van der Waals surface area contributed by atoms with Gasteiger partial charge in [0.2, 0.25) is 0 Å². The van der Waals surface area contributed by atoms with Gasteiger partial charge in [0.15, 0.2) is 0 Å². The van der Waals surface area contributed by atoms with E-state index in [1.54, 1.807) is 13.8 Å². The summed E-state index contributed by atoms with van der Waals surface area (Å²) in [5.74, 6) is 0.184. The number of carbonyl (C=O) groups is 1. The van der Waals surface area contributed by atoms with Crippen LogP contribution in [0.4, 0.5) is 4.39 Å². The molecule has 1 aliphatic heterocycles. The standard InChI is InChI=1S/C21H24FNO3/c1-12(2)14-7-10-17-16(11-14)18(19(24)21(3,4)26-17)23-20(25)13-5-8-15(22)9-6-13/h5-12,18-19,24H,1-4H3,(H,23,25)/t18-,19+/m1/s1. The largest absolute Gasteiger partial charge is 0.485 e. The lowest BCUT2D eigenvalue weighted by atomic mass is 9.85. The van der Waals surface area contributed by atoms with Gasteiger partial charge in [-0.05, 0) is 61.7 Å². The molecule has 2 aromatic rings. The van der Waals surface area contributed by atoms with E-state index in [0.717, 1.165) is 11.1 Å². The van der Waals surface area contributed by atoms with Gasteiger partial charge in [0, 0.05) is 11.1 Å². The summed E-state index contributed by atoms with van der Waals surface area (Å²) in [5, 5.41) is 13.7. The van der Waals surface area contributed by atoms with Crippen molar-refractivity contribution in [2.45, 2.75) is 51.4 Å². The maximum atomic E-state index is 13.1. The van der Waals surface area contributed by atoms with Crippen molar-refractivity contribution in [3.63, 3.8) is 0 Å². The van der Waals surface area contributed by atoms with E-state index in [-0.39, 0.29) is 5.91 Å². The lowest BCUT2D eigenvalue weighted by Gasteiger charge is -2.42. The average Bonchev–Trinajstić information content (AvgIpc) is 2.58. The molecule has 0 saturated carbocycles. The first kappa shape index (κ1) is 18.4. The summed E-state index contributed by atoms with van der Waals surface area (Å²) in [7, 11) is 0. The highest BCUT2D eigenvalue weighted by molar-refractivity contribution is 5.94. The topological polar surface area (TPSA) is 58.6 Å². The van der Waals surface area contributed by atoms with Crippen LogP contribution in [0.25, 0.3) is 0 Å². The van der Waals surface area contributed by atoms with Gasteiger partial charge >= 0.3 is 0 Å². The van der Waals surface area contributed by atoms with E-state index in [2.05, 4.69) is 19.2 Å². The summed E-state index contributed by atoms with van der Waals surface area (Å²) < 4.78 is 19.0. The van der Waals surface area contributed by atoms with Crippen LogP contribution in [0, 0.1) is 5.82 Å². The SMILES string of the molecule is CC(C)c1ccc2c(c1)[C@@H](NC(=O)c1ccc(F)cc1)[C@H](O)C(C)(C)O2. The molecule has 26 heavy (non-hydrogen) atoms. The highest BCUT2D eigenvalue weighted by atomic mass is 19.1. The second kappa shape index (κ2) is 6.72. The van der Waals surface area contributed by atoms with Gasteiger partial charge in [-0.1, -0.05) is 19.9 Å². The second-order valence-electron chi connectivity index (χ2n) is 7.56. The van der Waals surface area contributed by atoms with Gasteiger partial charge in [0.05, 0.1) is 6.04 Å². The van der Waals surface area contributed by atoms with Gasteiger partial charge in [0.25, 0.3) is 5.91 Å². The molecule has 0 fully saturated rings. The Morgan fingerprint density at radius 1 is 1.19 bits per heavy atom. The van der Waals surface area contributed by atoms with Gasteiger partial charge in [-0.2, -0.15) is 0 Å². The third-order valence-corrected chi connectivity index (χ3v) is 4.83. The van der Waals surface area contributed by atoms with Crippen LogP contribution < -0.4 is 10.1 Å². The zero-order chi connectivity index (χ0) is 19.1. The predicted octanol–water partition coefficient (Wildman–Crippen LogP) is 3.95. The summed E-state index contributed by atoms with van der Waals surface area (Å²) >= 11 is 0. The molecule has 2 atom stereocenters. The molecule has 0 aliphatic carbocycles. The van der Waals surface area contributed by atoms with Crippen molar-refractivity contribution in [1.29, 1.82) is 0 Å². The zero-order valence-corrected chi connectivity index (χ0v) is 15.4. The molecule has 0 radical (unpaired) electrons. The van der Waals surface area contributed by atoms with Gasteiger partial charge in [-0.15, -0.1) is 0 Å². The van der Waals surface area contributed by atoms with Gasteiger partial charge in [0.1, 0.15) is 23.3 Å². The molecule has 0 unspecified atom stereocenters. The van der Waals surface area contributed by atoms with Crippen LogP contribution in [-0.2, 0) is 0 Å². The molecule has 3 rings (SSSR count). The fraction of sp³-hybridized carbons (Fsp3) is 0.381. The maximum absolute atomic E-state index is 13.1. The number of aliphatic hydroxyl groups excluding tert-OH is 1. The number of amides is 1. The van der Waals surface area contributed by atoms with Gasteiger partial charge in [-0.25, -0.2) is 4.39 Å². The number of benzene rings is 2. The minimum atomic E-state index is -0.929. The van der Waals surface area contributed by atoms with Gasteiger partial charge < -0.3 is 15.2 Å². The molecule has 0 bridgehead atoms. The summed E-state index contributed by atoms with van der Waals surface area (Å²) in [4.78, 5) is 12.6. The summed E-state index contributed by atoms with van der Waals surface area (Å²) in [6, 6.07) is 10.6. The van der Waals surface area contributed by atoms with E-state index in [1.165, 1.54) is 24.3 Å². The lowest BCUT2D eigenvalue weighted by Crippen LogP contribution is -2.53. The highest BCUT2D eigenvalue weighted by Crippen LogP contribution is 2.41. The molecule has 1 aliphatic rings. The third kappa shape index (κ3) is 3.44.